The maximum absolute atomic E-state index is 13.7. The van der Waals surface area contributed by atoms with Gasteiger partial charge in [-0.25, -0.2) is 0 Å². The van der Waals surface area contributed by atoms with Gasteiger partial charge in [0.25, 0.3) is 0 Å². The number of amides is 2. The molecule has 0 saturated carbocycles. The van der Waals surface area contributed by atoms with E-state index in [1.165, 1.54) is 89.9 Å². The monoisotopic (exact) mass is 684 g/mol. The standard InChI is InChI=1S/C39H77N3O4S/c1-7-9-11-13-15-16-18-22-26-35(25-21-17-14-12-10-8-2)38(44)41-36(39(45)40-29-30-42(5)6)27-32-47-33-28-37(43)46-31-23-19-20-24-34(3)4/h34-36H,7-33H2,1-6H3,(H,40,45)(H,41,44). The minimum absolute atomic E-state index is 0.0360. The summed E-state index contributed by atoms with van der Waals surface area (Å²) in [5, 5.41) is 6.21. The largest absolute Gasteiger partial charge is 0.466 e. The topological polar surface area (TPSA) is 87.7 Å². The lowest BCUT2D eigenvalue weighted by molar-refractivity contribution is -0.143. The van der Waals surface area contributed by atoms with Crippen molar-refractivity contribution in [1.29, 1.82) is 0 Å². The Kier molecular flexibility index (Phi) is 32.3. The smallest absolute Gasteiger partial charge is 0.306 e. The quantitative estimate of drug-likeness (QED) is 0.0519. The molecular formula is C39H77N3O4S. The highest BCUT2D eigenvalue weighted by Gasteiger charge is 2.25. The first kappa shape index (κ1) is 45.7. The van der Waals surface area contributed by atoms with Gasteiger partial charge in [0.15, 0.2) is 0 Å². The maximum atomic E-state index is 13.7. The molecule has 47 heavy (non-hydrogen) atoms. The number of nitrogens with zero attached hydrogens (tertiary/aromatic N) is 1. The molecule has 0 bridgehead atoms. The van der Waals surface area contributed by atoms with Crippen LogP contribution in [0.1, 0.15) is 169 Å². The van der Waals surface area contributed by atoms with E-state index >= 15 is 0 Å². The summed E-state index contributed by atoms with van der Waals surface area (Å²) in [6.07, 6.45) is 24.5. The molecular weight excluding hydrogens is 607 g/mol. The van der Waals surface area contributed by atoms with Gasteiger partial charge in [0.2, 0.25) is 11.8 Å². The van der Waals surface area contributed by atoms with Crippen LogP contribution in [-0.4, -0.2) is 74.0 Å². The van der Waals surface area contributed by atoms with Crippen LogP contribution in [0.3, 0.4) is 0 Å². The summed E-state index contributed by atoms with van der Waals surface area (Å²) < 4.78 is 5.41. The number of nitrogens with one attached hydrogen (secondary N) is 2. The fourth-order valence-corrected chi connectivity index (χ4v) is 6.65. The Labute approximate surface area is 295 Å². The Balaban J connectivity index is 4.90. The molecule has 0 rings (SSSR count). The molecule has 0 heterocycles. The second-order valence-electron chi connectivity index (χ2n) is 14.3. The van der Waals surface area contributed by atoms with Crippen LogP contribution in [0.4, 0.5) is 0 Å². The van der Waals surface area contributed by atoms with Crippen LogP contribution in [-0.2, 0) is 19.1 Å². The molecule has 7 nitrogen and oxygen atoms in total. The fraction of sp³-hybridized carbons (Fsp3) is 0.923. The average Bonchev–Trinajstić information content (AvgIpc) is 3.03. The predicted octanol–water partition coefficient (Wildman–Crippen LogP) is 9.32. The molecule has 0 spiro atoms. The van der Waals surface area contributed by atoms with Gasteiger partial charge in [-0.1, -0.05) is 137 Å². The molecule has 2 amide bonds. The lowest BCUT2D eigenvalue weighted by Crippen LogP contribution is -2.49. The SMILES string of the molecule is CCCCCCCCCCC(CCCCCCCC)C(=O)NC(CCSCCC(=O)OCCCCCC(C)C)C(=O)NCCN(C)C. The number of likely N-dealkylation sites (N-methyl/N-ethyl adjacent to an activating group) is 1. The van der Waals surface area contributed by atoms with Gasteiger partial charge in [0, 0.05) is 24.8 Å². The molecule has 278 valence electrons. The van der Waals surface area contributed by atoms with E-state index in [2.05, 4.69) is 38.3 Å². The lowest BCUT2D eigenvalue weighted by Gasteiger charge is -2.23. The van der Waals surface area contributed by atoms with Crippen molar-refractivity contribution >= 4 is 29.5 Å². The average molecular weight is 684 g/mol. The lowest BCUT2D eigenvalue weighted by atomic mass is 9.93. The zero-order valence-corrected chi connectivity index (χ0v) is 32.6. The number of esters is 1. The van der Waals surface area contributed by atoms with Crippen molar-refractivity contribution in [3.05, 3.63) is 0 Å². The highest BCUT2D eigenvalue weighted by atomic mass is 32.2. The van der Waals surface area contributed by atoms with Gasteiger partial charge in [-0.15, -0.1) is 0 Å². The van der Waals surface area contributed by atoms with Crippen molar-refractivity contribution in [3.63, 3.8) is 0 Å². The van der Waals surface area contributed by atoms with Gasteiger partial charge in [0.05, 0.1) is 13.0 Å². The molecule has 0 fully saturated rings. The van der Waals surface area contributed by atoms with Crippen molar-refractivity contribution in [3.8, 4) is 0 Å². The van der Waals surface area contributed by atoms with Crippen LogP contribution < -0.4 is 10.6 Å². The maximum Gasteiger partial charge on any atom is 0.306 e. The van der Waals surface area contributed by atoms with E-state index < -0.39 is 6.04 Å². The Bertz CT molecular complexity index is 750. The molecule has 0 saturated heterocycles. The highest BCUT2D eigenvalue weighted by molar-refractivity contribution is 7.99. The summed E-state index contributed by atoms with van der Waals surface area (Å²) in [5.74, 6) is 1.83. The number of hydrogen-bond acceptors (Lipinski definition) is 6. The van der Waals surface area contributed by atoms with Gasteiger partial charge in [-0.05, 0) is 51.4 Å². The number of carbonyl (C=O) groups excluding carboxylic acids is 3. The molecule has 0 radical (unpaired) electrons. The van der Waals surface area contributed by atoms with E-state index in [0.29, 0.717) is 37.5 Å². The van der Waals surface area contributed by atoms with Crippen molar-refractivity contribution in [2.75, 3.05) is 45.3 Å². The minimum Gasteiger partial charge on any atom is -0.466 e. The van der Waals surface area contributed by atoms with Crippen molar-refractivity contribution in [2.45, 2.75) is 175 Å². The summed E-state index contributed by atoms with van der Waals surface area (Å²) >= 11 is 1.65. The zero-order valence-electron chi connectivity index (χ0n) is 31.8. The molecule has 2 unspecified atom stereocenters. The number of unbranched alkanes of at least 4 members (excludes halogenated alkanes) is 14. The van der Waals surface area contributed by atoms with Gasteiger partial charge >= 0.3 is 5.97 Å². The van der Waals surface area contributed by atoms with Crippen molar-refractivity contribution in [2.24, 2.45) is 11.8 Å². The van der Waals surface area contributed by atoms with E-state index in [9.17, 15) is 14.4 Å². The van der Waals surface area contributed by atoms with Crippen LogP contribution in [0, 0.1) is 11.8 Å². The Hall–Kier alpha value is -1.28. The Morgan fingerprint density at radius 2 is 1.19 bits per heavy atom. The number of thioether (sulfide) groups is 1. The number of hydrogen-bond donors (Lipinski definition) is 2. The van der Waals surface area contributed by atoms with Crippen LogP contribution in [0.5, 0.6) is 0 Å². The molecule has 0 aromatic rings. The summed E-state index contributed by atoms with van der Waals surface area (Å²) in [7, 11) is 3.97. The molecule has 0 aromatic heterocycles. The van der Waals surface area contributed by atoms with Gasteiger partial charge < -0.3 is 20.3 Å². The van der Waals surface area contributed by atoms with Gasteiger partial charge in [0.1, 0.15) is 6.04 Å². The van der Waals surface area contributed by atoms with E-state index in [-0.39, 0.29) is 23.7 Å². The normalized spacial score (nSPS) is 12.8. The van der Waals surface area contributed by atoms with Crippen LogP contribution in [0.2, 0.25) is 0 Å². The number of carbonyl (C=O) groups is 3. The molecule has 0 aliphatic heterocycles. The first-order chi connectivity index (χ1) is 22.7. The van der Waals surface area contributed by atoms with Gasteiger partial charge in [-0.3, -0.25) is 14.4 Å². The van der Waals surface area contributed by atoms with E-state index in [0.717, 1.165) is 51.0 Å². The molecule has 0 aliphatic rings. The summed E-state index contributed by atoms with van der Waals surface area (Å²) in [4.78, 5) is 41.1. The second kappa shape index (κ2) is 33.2. The molecule has 0 aromatic carbocycles. The summed E-state index contributed by atoms with van der Waals surface area (Å²) in [6.45, 7) is 10.8. The third-order valence-corrected chi connectivity index (χ3v) is 9.88. The molecule has 8 heteroatoms. The van der Waals surface area contributed by atoms with Crippen LogP contribution in [0.15, 0.2) is 0 Å². The minimum atomic E-state index is -0.555. The number of ether oxygens (including phenoxy) is 1. The van der Waals surface area contributed by atoms with E-state index in [1.54, 1.807) is 11.8 Å². The summed E-state index contributed by atoms with van der Waals surface area (Å²) in [6, 6.07) is -0.555. The van der Waals surface area contributed by atoms with Crippen molar-refractivity contribution in [1.82, 2.24) is 15.5 Å². The van der Waals surface area contributed by atoms with Crippen molar-refractivity contribution < 1.29 is 19.1 Å². The molecule has 2 N–H and O–H groups in total. The Morgan fingerprint density at radius 1 is 0.660 bits per heavy atom. The Morgan fingerprint density at radius 3 is 1.74 bits per heavy atom. The van der Waals surface area contributed by atoms with Crippen LogP contribution >= 0.6 is 11.8 Å². The van der Waals surface area contributed by atoms with E-state index in [1.807, 2.05) is 19.0 Å². The third-order valence-electron chi connectivity index (χ3n) is 8.86. The summed E-state index contributed by atoms with van der Waals surface area (Å²) in [5.41, 5.74) is 0. The molecule has 0 aliphatic carbocycles. The van der Waals surface area contributed by atoms with Gasteiger partial charge in [-0.2, -0.15) is 11.8 Å². The highest BCUT2D eigenvalue weighted by Crippen LogP contribution is 2.21. The first-order valence-electron chi connectivity index (χ1n) is 19.7. The number of rotatable bonds is 34. The fourth-order valence-electron chi connectivity index (χ4n) is 5.73. The predicted molar refractivity (Wildman–Crippen MR) is 203 cm³/mol. The zero-order chi connectivity index (χ0) is 35.0. The van der Waals surface area contributed by atoms with E-state index in [4.69, 9.17) is 4.74 Å². The second-order valence-corrected chi connectivity index (χ2v) is 15.5. The van der Waals surface area contributed by atoms with Crippen LogP contribution in [0.25, 0.3) is 0 Å². The first-order valence-corrected chi connectivity index (χ1v) is 20.8. The third kappa shape index (κ3) is 30.5. The molecule has 2 atom stereocenters.